The zero-order valence-corrected chi connectivity index (χ0v) is 22.2. The van der Waals surface area contributed by atoms with E-state index >= 15 is 0 Å². The van der Waals surface area contributed by atoms with Crippen LogP contribution in [0.4, 0.5) is 0 Å². The fourth-order valence-corrected chi connectivity index (χ4v) is 6.02. The second-order valence-corrected chi connectivity index (χ2v) is 11.3. The van der Waals surface area contributed by atoms with Crippen molar-refractivity contribution in [2.75, 3.05) is 20.2 Å². The lowest BCUT2D eigenvalue weighted by Crippen LogP contribution is -2.60. The van der Waals surface area contributed by atoms with E-state index in [1.54, 1.807) is 6.92 Å². The number of hydrogen-bond acceptors (Lipinski definition) is 9. The molecule has 2 unspecified atom stereocenters. The van der Waals surface area contributed by atoms with Crippen LogP contribution in [-0.2, 0) is 39.9 Å². The molecule has 6 atom stereocenters. The molecule has 1 saturated heterocycles. The number of aromatic amines is 1. The Morgan fingerprint density at radius 2 is 1.89 bits per heavy atom. The first-order chi connectivity index (χ1) is 17.6. The minimum atomic E-state index is -4.02. The van der Waals surface area contributed by atoms with Crippen molar-refractivity contribution in [3.8, 4) is 0 Å². The maximum Gasteiger partial charge on any atom is 0.330 e. The predicted molar refractivity (Wildman–Crippen MR) is 133 cm³/mol. The average Bonchev–Trinajstić information content (AvgIpc) is 3.14. The molecular weight excluding hydrogens is 504 g/mol. The van der Waals surface area contributed by atoms with Crippen LogP contribution in [0.1, 0.15) is 43.5 Å². The normalized spacial score (nSPS) is 30.1. The van der Waals surface area contributed by atoms with Crippen molar-refractivity contribution in [1.29, 1.82) is 0 Å². The fourth-order valence-electron chi connectivity index (χ4n) is 5.42. The van der Waals surface area contributed by atoms with Crippen LogP contribution in [0.3, 0.4) is 0 Å². The number of nitrogens with zero attached hydrogens (tertiary/aromatic N) is 1. The molecule has 0 radical (unpaired) electrons. The molecule has 1 aliphatic carbocycles. The van der Waals surface area contributed by atoms with E-state index in [1.165, 1.54) is 13.3 Å². The number of aryl methyl sites for hydroxylation is 1. The SMILES string of the molecule is COCO[C@H]1CCCC(C)C12O[C@@H](n1cc(C)c(=O)[nH]c1=O)[C@H](OS(C)(=O)=O)[C@H]2OCc1ccccc1. The summed E-state index contributed by atoms with van der Waals surface area (Å²) in [7, 11) is -2.50. The molecule has 12 heteroatoms. The number of H-pyrrole nitrogens is 1. The highest BCUT2D eigenvalue weighted by atomic mass is 32.2. The quantitative estimate of drug-likeness (QED) is 0.375. The predicted octanol–water partition coefficient (Wildman–Crippen LogP) is 1.85. The van der Waals surface area contributed by atoms with E-state index in [2.05, 4.69) is 4.98 Å². The number of nitrogens with one attached hydrogen (secondary N) is 1. The average molecular weight is 539 g/mol. The third-order valence-corrected chi connectivity index (χ3v) is 7.66. The van der Waals surface area contributed by atoms with Crippen LogP contribution >= 0.6 is 0 Å². The van der Waals surface area contributed by atoms with Gasteiger partial charge in [0.1, 0.15) is 18.5 Å². The third kappa shape index (κ3) is 5.74. The Balaban J connectivity index is 1.86. The molecule has 1 aromatic carbocycles. The molecule has 1 N–H and O–H groups in total. The largest absolute Gasteiger partial charge is 0.367 e. The smallest absolute Gasteiger partial charge is 0.330 e. The van der Waals surface area contributed by atoms with E-state index in [0.29, 0.717) is 6.42 Å². The third-order valence-electron chi connectivity index (χ3n) is 7.09. The van der Waals surface area contributed by atoms with E-state index in [9.17, 15) is 18.0 Å². The van der Waals surface area contributed by atoms with Crippen molar-refractivity contribution in [3.05, 3.63) is 68.5 Å². The van der Waals surface area contributed by atoms with Crippen molar-refractivity contribution in [3.63, 3.8) is 0 Å². The summed E-state index contributed by atoms with van der Waals surface area (Å²) in [6.45, 7) is 3.68. The van der Waals surface area contributed by atoms with Crippen LogP contribution in [-0.4, -0.2) is 62.0 Å². The summed E-state index contributed by atoms with van der Waals surface area (Å²) in [4.78, 5) is 27.2. The molecule has 1 aliphatic heterocycles. The van der Waals surface area contributed by atoms with E-state index in [0.717, 1.165) is 29.2 Å². The first kappa shape index (κ1) is 27.7. The van der Waals surface area contributed by atoms with Gasteiger partial charge in [-0.15, -0.1) is 0 Å². The van der Waals surface area contributed by atoms with Gasteiger partial charge in [-0.3, -0.25) is 18.5 Å². The number of aromatic nitrogens is 2. The molecule has 2 heterocycles. The van der Waals surface area contributed by atoms with Crippen molar-refractivity contribution in [2.24, 2.45) is 5.92 Å². The number of benzene rings is 1. The monoisotopic (exact) mass is 538 g/mol. The molecule has 1 saturated carbocycles. The van der Waals surface area contributed by atoms with Crippen molar-refractivity contribution >= 4 is 10.1 Å². The second-order valence-electron chi connectivity index (χ2n) is 9.72. The molecule has 0 bridgehead atoms. The topological polar surface area (TPSA) is 135 Å². The standard InChI is InChI=1S/C25H34N2O9S/c1-16-13-27(24(29)26-22(16)28)23-20(36-37(4,30)31)21(33-14-18-10-6-5-7-11-18)25(35-23)17(2)9-8-12-19(25)34-15-32-3/h5-7,10-11,13,17,19-21,23H,8-9,12,14-15H2,1-4H3,(H,26,28,29)/t17?,19-,20+,21+,23+,25?/m0/s1. The van der Waals surface area contributed by atoms with Gasteiger partial charge in [0.15, 0.2) is 12.3 Å². The Morgan fingerprint density at radius 3 is 2.57 bits per heavy atom. The molecule has 2 aromatic rings. The number of methoxy groups -OCH3 is 1. The van der Waals surface area contributed by atoms with Gasteiger partial charge in [-0.25, -0.2) is 4.79 Å². The van der Waals surface area contributed by atoms with Gasteiger partial charge in [-0.05, 0) is 31.2 Å². The summed E-state index contributed by atoms with van der Waals surface area (Å²) >= 11 is 0. The highest BCUT2D eigenvalue weighted by molar-refractivity contribution is 7.86. The Bertz CT molecular complexity index is 1290. The molecular formula is C25H34N2O9S. The fraction of sp³-hybridized carbons (Fsp3) is 0.600. The second kappa shape index (κ2) is 11.2. The van der Waals surface area contributed by atoms with Crippen molar-refractivity contribution < 1.29 is 31.5 Å². The maximum atomic E-state index is 12.9. The summed E-state index contributed by atoms with van der Waals surface area (Å²) in [5.41, 5.74) is -1.34. The number of rotatable bonds is 9. The van der Waals surface area contributed by atoms with Crippen LogP contribution in [0.25, 0.3) is 0 Å². The molecule has 204 valence electrons. The van der Waals surface area contributed by atoms with Gasteiger partial charge < -0.3 is 18.9 Å². The number of ether oxygens (including phenoxy) is 4. The van der Waals surface area contributed by atoms with Gasteiger partial charge in [0.05, 0.1) is 19.0 Å². The maximum absolute atomic E-state index is 12.9. The van der Waals surface area contributed by atoms with Crippen molar-refractivity contribution in [2.45, 2.75) is 69.9 Å². The number of hydrogen-bond donors (Lipinski definition) is 1. The Hall–Kier alpha value is -2.35. The van der Waals surface area contributed by atoms with Crippen LogP contribution in [0, 0.1) is 12.8 Å². The van der Waals surface area contributed by atoms with Gasteiger partial charge in [-0.2, -0.15) is 8.42 Å². The first-order valence-electron chi connectivity index (χ1n) is 12.2. The summed E-state index contributed by atoms with van der Waals surface area (Å²) in [5.74, 6) is -0.154. The molecule has 0 amide bonds. The van der Waals surface area contributed by atoms with Crippen molar-refractivity contribution in [1.82, 2.24) is 9.55 Å². The molecule has 1 spiro atoms. The lowest BCUT2D eigenvalue weighted by atomic mass is 9.70. The highest BCUT2D eigenvalue weighted by Crippen LogP contribution is 2.52. The van der Waals surface area contributed by atoms with Gasteiger partial charge >= 0.3 is 5.69 Å². The van der Waals surface area contributed by atoms with Crippen LogP contribution in [0.15, 0.2) is 46.1 Å². The van der Waals surface area contributed by atoms with Gasteiger partial charge in [0.25, 0.3) is 15.7 Å². The van der Waals surface area contributed by atoms with Crippen LogP contribution in [0.2, 0.25) is 0 Å². The Kier molecular flexibility index (Phi) is 8.36. The summed E-state index contributed by atoms with van der Waals surface area (Å²) in [6, 6.07) is 9.43. The van der Waals surface area contributed by atoms with E-state index in [4.69, 9.17) is 23.1 Å². The molecule has 1 aromatic heterocycles. The molecule has 4 rings (SSSR count). The minimum absolute atomic E-state index is 0.00607. The Morgan fingerprint density at radius 1 is 1.16 bits per heavy atom. The van der Waals surface area contributed by atoms with E-state index in [1.807, 2.05) is 37.3 Å². The zero-order chi connectivity index (χ0) is 26.8. The summed E-state index contributed by atoms with van der Waals surface area (Å²) in [6.07, 6.45) is 0.571. The summed E-state index contributed by atoms with van der Waals surface area (Å²) in [5, 5.41) is 0. The molecule has 2 fully saturated rings. The molecule has 37 heavy (non-hydrogen) atoms. The lowest BCUT2D eigenvalue weighted by molar-refractivity contribution is -0.243. The minimum Gasteiger partial charge on any atom is -0.367 e. The van der Waals surface area contributed by atoms with Gasteiger partial charge in [0.2, 0.25) is 0 Å². The molecule has 11 nitrogen and oxygen atoms in total. The van der Waals surface area contributed by atoms with Gasteiger partial charge in [0, 0.05) is 18.9 Å². The Labute approximate surface area is 215 Å². The van der Waals surface area contributed by atoms with Crippen LogP contribution in [0.5, 0.6) is 0 Å². The summed E-state index contributed by atoms with van der Waals surface area (Å²) < 4.78 is 56.1. The first-order valence-corrected chi connectivity index (χ1v) is 14.0. The van der Waals surface area contributed by atoms with Gasteiger partial charge in [-0.1, -0.05) is 43.7 Å². The lowest BCUT2D eigenvalue weighted by Gasteiger charge is -2.48. The highest BCUT2D eigenvalue weighted by Gasteiger charge is 2.65. The van der Waals surface area contributed by atoms with E-state index in [-0.39, 0.29) is 24.9 Å². The van der Waals surface area contributed by atoms with E-state index < -0.39 is 51.5 Å². The van der Waals surface area contributed by atoms with Crippen LogP contribution < -0.4 is 11.2 Å². The zero-order valence-electron chi connectivity index (χ0n) is 21.4. The molecule has 2 aliphatic rings.